The van der Waals surface area contributed by atoms with Gasteiger partial charge in [-0.15, -0.1) is 0 Å². The predicted octanol–water partition coefficient (Wildman–Crippen LogP) is -0.00200. The molecule has 0 fully saturated rings. The van der Waals surface area contributed by atoms with Crippen molar-refractivity contribution < 1.29 is 46.7 Å². The summed E-state index contributed by atoms with van der Waals surface area (Å²) in [4.78, 5) is 0. The molecule has 0 radical (unpaired) electrons. The Balaban J connectivity index is 0. The third-order valence-electron chi connectivity index (χ3n) is 2.48. The second kappa shape index (κ2) is 13.3. The van der Waals surface area contributed by atoms with E-state index in [0.29, 0.717) is 6.42 Å². The van der Waals surface area contributed by atoms with E-state index in [-0.39, 0.29) is 36.2 Å². The normalized spacial score (nSPS) is 11.2. The van der Waals surface area contributed by atoms with Crippen LogP contribution in [0.2, 0.25) is 0 Å². The third-order valence-corrected chi connectivity index (χ3v) is 2.93. The van der Waals surface area contributed by atoms with Gasteiger partial charge < -0.3 is 4.55 Å². The van der Waals surface area contributed by atoms with Crippen LogP contribution >= 0.6 is 0 Å². The largest absolute Gasteiger partial charge is 1.00 e. The van der Waals surface area contributed by atoms with E-state index in [4.69, 9.17) is 0 Å². The smallest absolute Gasteiger partial charge is 0.726 e. The molecule has 0 aliphatic heterocycles. The molecule has 0 amide bonds. The van der Waals surface area contributed by atoms with Crippen LogP contribution < -0.4 is 29.6 Å². The minimum Gasteiger partial charge on any atom is -0.726 e. The predicted molar refractivity (Wildman–Crippen MR) is 62.9 cm³/mol. The standard InChI is InChI=1S/C11H24O4S.Na/c1-2-3-4-5-6-7-8-9-10-11-15-16(12,13)14;/h2-11H2,1H3,(H,12,13,14);/q;+1/p-1. The van der Waals surface area contributed by atoms with Gasteiger partial charge in [0.1, 0.15) is 0 Å². The second-order valence-corrected chi connectivity index (χ2v) is 5.11. The summed E-state index contributed by atoms with van der Waals surface area (Å²) in [5.74, 6) is 0. The van der Waals surface area contributed by atoms with Crippen LogP contribution in [0.25, 0.3) is 0 Å². The fourth-order valence-electron chi connectivity index (χ4n) is 1.57. The first-order valence-corrected chi connectivity index (χ1v) is 7.50. The summed E-state index contributed by atoms with van der Waals surface area (Å²) in [5.41, 5.74) is 0. The van der Waals surface area contributed by atoms with Crippen molar-refractivity contribution in [2.45, 2.75) is 64.7 Å². The molecular weight excluding hydrogens is 251 g/mol. The van der Waals surface area contributed by atoms with Gasteiger partial charge in [0.05, 0.1) is 6.61 Å². The molecule has 0 atom stereocenters. The van der Waals surface area contributed by atoms with Gasteiger partial charge in [-0.2, -0.15) is 0 Å². The summed E-state index contributed by atoms with van der Waals surface area (Å²) >= 11 is 0. The van der Waals surface area contributed by atoms with Crippen LogP contribution in [0.4, 0.5) is 0 Å². The van der Waals surface area contributed by atoms with Crippen molar-refractivity contribution in [1.29, 1.82) is 0 Å². The van der Waals surface area contributed by atoms with Gasteiger partial charge in [0, 0.05) is 0 Å². The Morgan fingerprint density at radius 2 is 1.29 bits per heavy atom. The van der Waals surface area contributed by atoms with Gasteiger partial charge in [-0.25, -0.2) is 8.42 Å². The van der Waals surface area contributed by atoms with Gasteiger partial charge in [-0.05, 0) is 6.42 Å². The molecule has 0 spiro atoms. The topological polar surface area (TPSA) is 66.4 Å². The molecule has 17 heavy (non-hydrogen) atoms. The molecule has 4 nitrogen and oxygen atoms in total. The average molecular weight is 274 g/mol. The van der Waals surface area contributed by atoms with Crippen molar-refractivity contribution in [1.82, 2.24) is 0 Å². The Bertz CT molecular complexity index is 242. The Labute approximate surface area is 128 Å². The van der Waals surface area contributed by atoms with E-state index in [1.54, 1.807) is 0 Å². The van der Waals surface area contributed by atoms with Gasteiger partial charge >= 0.3 is 29.6 Å². The van der Waals surface area contributed by atoms with Gasteiger partial charge in [0.15, 0.2) is 0 Å². The molecule has 0 saturated carbocycles. The zero-order valence-corrected chi connectivity index (χ0v) is 13.9. The van der Waals surface area contributed by atoms with E-state index in [1.165, 1.54) is 38.5 Å². The van der Waals surface area contributed by atoms with Crippen LogP contribution in [-0.4, -0.2) is 19.6 Å². The molecule has 0 bridgehead atoms. The minimum atomic E-state index is -4.48. The van der Waals surface area contributed by atoms with Crippen LogP contribution in [0, 0.1) is 0 Å². The summed E-state index contributed by atoms with van der Waals surface area (Å²) in [7, 11) is -4.48. The molecule has 0 rings (SSSR count). The van der Waals surface area contributed by atoms with Crippen molar-refractivity contribution in [3.8, 4) is 0 Å². The molecule has 0 aromatic heterocycles. The molecule has 0 heterocycles. The zero-order valence-electron chi connectivity index (χ0n) is 11.1. The molecule has 0 aromatic carbocycles. The number of hydrogen-bond acceptors (Lipinski definition) is 4. The molecule has 0 aliphatic rings. The first-order valence-electron chi connectivity index (χ1n) is 6.16. The summed E-state index contributed by atoms with van der Waals surface area (Å²) in [5, 5.41) is 0. The van der Waals surface area contributed by atoms with Crippen LogP contribution in [0.3, 0.4) is 0 Å². The summed E-state index contributed by atoms with van der Waals surface area (Å²) in [6.45, 7) is 2.23. The maximum absolute atomic E-state index is 10.1. The molecule has 0 aliphatic carbocycles. The molecule has 0 unspecified atom stereocenters. The quantitative estimate of drug-likeness (QED) is 0.230. The van der Waals surface area contributed by atoms with Crippen LogP contribution in [-0.2, 0) is 14.6 Å². The Hall–Kier alpha value is 0.870. The van der Waals surface area contributed by atoms with E-state index < -0.39 is 10.4 Å². The van der Waals surface area contributed by atoms with Crippen molar-refractivity contribution >= 4 is 10.4 Å². The van der Waals surface area contributed by atoms with E-state index in [0.717, 1.165) is 12.8 Å². The van der Waals surface area contributed by atoms with Gasteiger partial charge in [-0.1, -0.05) is 58.3 Å². The first-order chi connectivity index (χ1) is 7.56. The van der Waals surface area contributed by atoms with Crippen molar-refractivity contribution in [2.75, 3.05) is 6.61 Å². The summed E-state index contributed by atoms with van der Waals surface area (Å²) in [6.07, 6.45) is 10.3. The molecular formula is C11H23NaO4S. The van der Waals surface area contributed by atoms with Crippen LogP contribution in [0.1, 0.15) is 64.7 Å². The molecule has 0 saturated heterocycles. The monoisotopic (exact) mass is 274 g/mol. The third kappa shape index (κ3) is 19.4. The number of unbranched alkanes of at least 4 members (excludes halogenated alkanes) is 8. The van der Waals surface area contributed by atoms with E-state index in [9.17, 15) is 13.0 Å². The fourth-order valence-corrected chi connectivity index (χ4v) is 1.90. The molecule has 98 valence electrons. The number of rotatable bonds is 11. The van der Waals surface area contributed by atoms with Gasteiger partial charge in [-0.3, -0.25) is 4.18 Å². The van der Waals surface area contributed by atoms with Crippen molar-refractivity contribution in [3.63, 3.8) is 0 Å². The van der Waals surface area contributed by atoms with Crippen LogP contribution in [0.5, 0.6) is 0 Å². The summed E-state index contributed by atoms with van der Waals surface area (Å²) in [6, 6.07) is 0. The summed E-state index contributed by atoms with van der Waals surface area (Å²) < 4.78 is 34.4. The second-order valence-electron chi connectivity index (χ2n) is 4.06. The SMILES string of the molecule is CCCCCCCCCCCOS(=O)(=O)[O-].[Na+]. The van der Waals surface area contributed by atoms with Gasteiger partial charge in [0.2, 0.25) is 10.4 Å². The van der Waals surface area contributed by atoms with E-state index in [2.05, 4.69) is 11.1 Å². The fraction of sp³-hybridized carbons (Fsp3) is 1.00. The first kappa shape index (κ1) is 20.2. The number of hydrogen-bond donors (Lipinski definition) is 0. The average Bonchev–Trinajstić information content (AvgIpc) is 2.19. The zero-order chi connectivity index (χ0) is 12.3. The Morgan fingerprint density at radius 1 is 0.882 bits per heavy atom. The van der Waals surface area contributed by atoms with Crippen LogP contribution in [0.15, 0.2) is 0 Å². The van der Waals surface area contributed by atoms with Crippen molar-refractivity contribution in [3.05, 3.63) is 0 Å². The van der Waals surface area contributed by atoms with E-state index >= 15 is 0 Å². The van der Waals surface area contributed by atoms with E-state index in [1.807, 2.05) is 0 Å². The molecule has 6 heteroatoms. The Morgan fingerprint density at radius 3 is 1.71 bits per heavy atom. The minimum absolute atomic E-state index is 0. The maximum Gasteiger partial charge on any atom is 1.00 e. The Kier molecular flexibility index (Phi) is 15.8. The van der Waals surface area contributed by atoms with Gasteiger partial charge in [0.25, 0.3) is 0 Å². The molecule has 0 N–H and O–H groups in total. The van der Waals surface area contributed by atoms with Crippen molar-refractivity contribution in [2.24, 2.45) is 0 Å². The molecule has 0 aromatic rings. The maximum atomic E-state index is 10.1.